The van der Waals surface area contributed by atoms with Crippen molar-refractivity contribution in [2.75, 3.05) is 5.32 Å². The van der Waals surface area contributed by atoms with E-state index in [1.807, 2.05) is 25.3 Å². The summed E-state index contributed by atoms with van der Waals surface area (Å²) >= 11 is 1.70. The van der Waals surface area contributed by atoms with E-state index < -0.39 is 5.91 Å². The molecule has 0 aliphatic heterocycles. The van der Waals surface area contributed by atoms with Gasteiger partial charge in [0.2, 0.25) is 5.91 Å². The molecule has 1 aromatic carbocycles. The highest BCUT2D eigenvalue weighted by Crippen LogP contribution is 2.21. The smallest absolute Gasteiger partial charge is 0.249 e. The Labute approximate surface area is 116 Å². The molecule has 1 amide bonds. The number of hydrogen-bond donors (Lipinski definition) is 2. The third kappa shape index (κ3) is 3.12. The van der Waals surface area contributed by atoms with Crippen LogP contribution in [-0.2, 0) is 13.0 Å². The Kier molecular flexibility index (Phi) is 4.16. The summed E-state index contributed by atoms with van der Waals surface area (Å²) in [5.41, 5.74) is 7.71. The molecule has 0 fully saturated rings. The predicted molar refractivity (Wildman–Crippen MR) is 78.5 cm³/mol. The van der Waals surface area contributed by atoms with Gasteiger partial charge in [-0.3, -0.25) is 4.79 Å². The van der Waals surface area contributed by atoms with Crippen LogP contribution in [0.1, 0.15) is 32.7 Å². The highest BCUT2D eigenvalue weighted by molar-refractivity contribution is 7.11. The molecule has 19 heavy (non-hydrogen) atoms. The molecule has 0 saturated carbocycles. The number of benzene rings is 1. The molecule has 0 atom stereocenters. The Morgan fingerprint density at radius 2 is 2.26 bits per heavy atom. The molecule has 0 spiro atoms. The predicted octanol–water partition coefficient (Wildman–Crippen LogP) is 2.72. The van der Waals surface area contributed by atoms with Crippen LogP contribution in [0.5, 0.6) is 0 Å². The van der Waals surface area contributed by atoms with Crippen molar-refractivity contribution >= 4 is 22.9 Å². The summed E-state index contributed by atoms with van der Waals surface area (Å²) in [5.74, 6) is -0.396. The maximum atomic E-state index is 11.3. The molecule has 1 aromatic heterocycles. The Hall–Kier alpha value is -1.88. The number of hydrogen-bond acceptors (Lipinski definition) is 4. The van der Waals surface area contributed by atoms with Crippen molar-refractivity contribution in [3.05, 3.63) is 45.4 Å². The van der Waals surface area contributed by atoms with E-state index in [2.05, 4.69) is 17.2 Å². The van der Waals surface area contributed by atoms with Crippen molar-refractivity contribution in [3.8, 4) is 0 Å². The molecule has 5 heteroatoms. The Balaban J connectivity index is 2.11. The van der Waals surface area contributed by atoms with E-state index in [1.165, 1.54) is 4.88 Å². The minimum Gasteiger partial charge on any atom is -0.380 e. The molecular weight excluding hydrogens is 258 g/mol. The molecule has 2 rings (SSSR count). The van der Waals surface area contributed by atoms with E-state index in [1.54, 1.807) is 17.4 Å². The lowest BCUT2D eigenvalue weighted by atomic mass is 10.1. The van der Waals surface area contributed by atoms with Gasteiger partial charge in [0.1, 0.15) is 0 Å². The van der Waals surface area contributed by atoms with Gasteiger partial charge < -0.3 is 11.1 Å². The number of anilines is 1. The second kappa shape index (κ2) is 5.84. The van der Waals surface area contributed by atoms with Gasteiger partial charge in [0.15, 0.2) is 0 Å². The molecule has 0 radical (unpaired) electrons. The van der Waals surface area contributed by atoms with Gasteiger partial charge in [-0.15, -0.1) is 11.3 Å². The van der Waals surface area contributed by atoms with Gasteiger partial charge in [-0.25, -0.2) is 4.98 Å². The van der Waals surface area contributed by atoms with Gasteiger partial charge in [-0.1, -0.05) is 13.0 Å². The first-order chi connectivity index (χ1) is 9.11. The average Bonchev–Trinajstić information content (AvgIpc) is 2.85. The molecule has 0 aliphatic carbocycles. The van der Waals surface area contributed by atoms with E-state index >= 15 is 0 Å². The van der Waals surface area contributed by atoms with Crippen LogP contribution in [0.25, 0.3) is 0 Å². The van der Waals surface area contributed by atoms with Crippen molar-refractivity contribution in [2.45, 2.75) is 26.8 Å². The highest BCUT2D eigenvalue weighted by atomic mass is 32.1. The summed E-state index contributed by atoms with van der Waals surface area (Å²) in [4.78, 5) is 16.8. The molecule has 2 aromatic rings. The van der Waals surface area contributed by atoms with E-state index in [-0.39, 0.29) is 0 Å². The first kappa shape index (κ1) is 13.5. The zero-order valence-electron chi connectivity index (χ0n) is 11.1. The van der Waals surface area contributed by atoms with Crippen LogP contribution in [0.2, 0.25) is 0 Å². The lowest BCUT2D eigenvalue weighted by molar-refractivity contribution is 0.1000. The van der Waals surface area contributed by atoms with Crippen LogP contribution in [-0.4, -0.2) is 10.9 Å². The summed E-state index contributed by atoms with van der Waals surface area (Å²) < 4.78 is 0. The average molecular weight is 275 g/mol. The largest absolute Gasteiger partial charge is 0.380 e. The summed E-state index contributed by atoms with van der Waals surface area (Å²) in [5, 5.41) is 4.46. The van der Waals surface area contributed by atoms with Gasteiger partial charge in [-0.05, 0) is 31.0 Å². The molecule has 0 unspecified atom stereocenters. The van der Waals surface area contributed by atoms with Crippen LogP contribution >= 0.6 is 11.3 Å². The number of rotatable bonds is 5. The Morgan fingerprint density at radius 3 is 2.89 bits per heavy atom. The van der Waals surface area contributed by atoms with Crippen LogP contribution in [0.4, 0.5) is 5.69 Å². The van der Waals surface area contributed by atoms with E-state index in [9.17, 15) is 4.79 Å². The quantitative estimate of drug-likeness (QED) is 0.881. The summed E-state index contributed by atoms with van der Waals surface area (Å²) in [7, 11) is 0. The number of primary amides is 1. The van der Waals surface area contributed by atoms with E-state index in [0.717, 1.165) is 22.7 Å². The number of thiazole rings is 1. The number of nitrogens with one attached hydrogen (secondary N) is 1. The summed E-state index contributed by atoms with van der Waals surface area (Å²) in [6, 6.07) is 5.52. The van der Waals surface area contributed by atoms with Crippen molar-refractivity contribution < 1.29 is 4.79 Å². The fourth-order valence-corrected chi connectivity index (χ4v) is 2.67. The topological polar surface area (TPSA) is 68.0 Å². The number of amides is 1. The van der Waals surface area contributed by atoms with Crippen molar-refractivity contribution in [1.29, 1.82) is 0 Å². The number of carbonyl (C=O) groups is 1. The third-order valence-electron chi connectivity index (χ3n) is 2.96. The molecule has 3 N–H and O–H groups in total. The lowest BCUT2D eigenvalue weighted by Gasteiger charge is -2.10. The number of aryl methyl sites for hydroxylation is 1. The zero-order chi connectivity index (χ0) is 13.8. The molecule has 1 heterocycles. The minimum absolute atomic E-state index is 0.396. The first-order valence-electron chi connectivity index (χ1n) is 6.18. The summed E-state index contributed by atoms with van der Waals surface area (Å²) in [6.45, 7) is 4.70. The molecule has 0 bridgehead atoms. The van der Waals surface area contributed by atoms with Gasteiger partial charge in [-0.2, -0.15) is 0 Å². The number of carbonyl (C=O) groups excluding carboxylic acids is 1. The summed E-state index contributed by atoms with van der Waals surface area (Å²) in [6.07, 6.45) is 2.85. The van der Waals surface area contributed by atoms with Crippen LogP contribution in [0.3, 0.4) is 0 Å². The number of aromatic nitrogens is 1. The van der Waals surface area contributed by atoms with E-state index in [0.29, 0.717) is 12.1 Å². The van der Waals surface area contributed by atoms with Crippen molar-refractivity contribution in [1.82, 2.24) is 4.98 Å². The second-order valence-corrected chi connectivity index (χ2v) is 5.47. The molecule has 4 nitrogen and oxygen atoms in total. The fraction of sp³-hybridized carbons (Fsp3) is 0.286. The maximum Gasteiger partial charge on any atom is 0.249 e. The normalized spacial score (nSPS) is 10.4. The second-order valence-electron chi connectivity index (χ2n) is 4.27. The SMILES string of the molecule is CCc1ncc(CNc2cccc(C(N)=O)c2C)s1. The molecule has 100 valence electrons. The number of nitrogens with two attached hydrogens (primary N) is 1. The molecule has 0 aliphatic rings. The minimum atomic E-state index is -0.396. The van der Waals surface area contributed by atoms with Crippen molar-refractivity contribution in [2.24, 2.45) is 5.73 Å². The van der Waals surface area contributed by atoms with Gasteiger partial charge in [0, 0.05) is 22.3 Å². The van der Waals surface area contributed by atoms with Crippen LogP contribution in [0.15, 0.2) is 24.4 Å². The van der Waals surface area contributed by atoms with Gasteiger partial charge in [0.25, 0.3) is 0 Å². The van der Waals surface area contributed by atoms with Crippen molar-refractivity contribution in [3.63, 3.8) is 0 Å². The Bertz CT molecular complexity index is 592. The number of nitrogens with zero attached hydrogens (tertiary/aromatic N) is 1. The highest BCUT2D eigenvalue weighted by Gasteiger charge is 2.08. The first-order valence-corrected chi connectivity index (χ1v) is 7.00. The third-order valence-corrected chi connectivity index (χ3v) is 4.10. The van der Waals surface area contributed by atoms with E-state index in [4.69, 9.17) is 5.73 Å². The molecular formula is C14H17N3OS. The molecule has 0 saturated heterocycles. The van der Waals surface area contributed by atoms with Crippen LogP contribution in [0, 0.1) is 6.92 Å². The monoisotopic (exact) mass is 275 g/mol. The zero-order valence-corrected chi connectivity index (χ0v) is 11.9. The lowest BCUT2D eigenvalue weighted by Crippen LogP contribution is -2.13. The Morgan fingerprint density at radius 1 is 1.47 bits per heavy atom. The van der Waals surface area contributed by atoms with Crippen LogP contribution < -0.4 is 11.1 Å². The standard InChI is InChI=1S/C14H17N3OS/c1-3-13-17-8-10(19-13)7-16-12-6-4-5-11(9(12)2)14(15)18/h4-6,8,16H,3,7H2,1-2H3,(H2,15,18). The fourth-order valence-electron chi connectivity index (χ4n) is 1.87. The maximum absolute atomic E-state index is 11.3. The van der Waals surface area contributed by atoms with Gasteiger partial charge >= 0.3 is 0 Å². The van der Waals surface area contributed by atoms with Gasteiger partial charge in [0.05, 0.1) is 11.6 Å².